The zero-order valence-corrected chi connectivity index (χ0v) is 15.0. The lowest BCUT2D eigenvalue weighted by molar-refractivity contribution is -0.142. The van der Waals surface area contributed by atoms with Gasteiger partial charge in [-0.15, -0.1) is 5.10 Å². The van der Waals surface area contributed by atoms with Gasteiger partial charge in [0.15, 0.2) is 5.17 Å². The Labute approximate surface area is 155 Å². The van der Waals surface area contributed by atoms with E-state index in [4.69, 9.17) is 5.11 Å². The largest absolute Gasteiger partial charge is 0.480 e. The van der Waals surface area contributed by atoms with Gasteiger partial charge in [0.1, 0.15) is 11.3 Å². The highest BCUT2D eigenvalue weighted by atomic mass is 32.2. The fraction of sp³-hybridized carbons (Fsp3) is 0.353. The van der Waals surface area contributed by atoms with E-state index in [9.17, 15) is 14.4 Å². The first-order chi connectivity index (χ1) is 12.5. The van der Waals surface area contributed by atoms with Crippen LogP contribution in [0.25, 0.3) is 0 Å². The third kappa shape index (κ3) is 5.99. The molecule has 0 radical (unpaired) electrons. The van der Waals surface area contributed by atoms with Crippen LogP contribution in [0.2, 0.25) is 0 Å². The third-order valence-corrected chi connectivity index (χ3v) is 4.59. The number of thioether (sulfide) groups is 1. The molecule has 2 rings (SSSR count). The number of carboxylic acids is 1. The van der Waals surface area contributed by atoms with Crippen LogP contribution in [0.15, 0.2) is 40.5 Å². The molecule has 9 heteroatoms. The maximum atomic E-state index is 12.0. The molecule has 8 nitrogen and oxygen atoms in total. The average Bonchev–Trinajstić information content (AvgIpc) is 2.95. The number of nitrogens with zero attached hydrogens (tertiary/aromatic N) is 2. The summed E-state index contributed by atoms with van der Waals surface area (Å²) in [6, 6.07) is 8.43. The Kier molecular flexibility index (Phi) is 7.34. The van der Waals surface area contributed by atoms with Gasteiger partial charge in [-0.25, -0.2) is 4.79 Å². The van der Waals surface area contributed by atoms with E-state index in [1.54, 1.807) is 6.21 Å². The normalized spacial score (nSPS) is 19.5. The first-order valence-corrected chi connectivity index (χ1v) is 9.03. The fourth-order valence-electron chi connectivity index (χ4n) is 2.24. The smallest absolute Gasteiger partial charge is 0.326 e. The highest BCUT2D eigenvalue weighted by Gasteiger charge is 2.33. The van der Waals surface area contributed by atoms with Crippen molar-refractivity contribution in [3.05, 3.63) is 35.9 Å². The van der Waals surface area contributed by atoms with Crippen molar-refractivity contribution < 1.29 is 19.5 Å². The lowest BCUT2D eigenvalue weighted by atomic mass is 10.1. The molecule has 138 valence electrons. The second-order valence-electron chi connectivity index (χ2n) is 5.61. The van der Waals surface area contributed by atoms with E-state index in [1.165, 1.54) is 0 Å². The average molecular weight is 376 g/mol. The second-order valence-corrected chi connectivity index (χ2v) is 6.80. The number of rotatable bonds is 8. The molecule has 0 bridgehead atoms. The minimum atomic E-state index is -1.08. The Balaban J connectivity index is 1.88. The molecule has 1 aliphatic rings. The molecule has 1 aromatic rings. The number of carboxylic acid groups (broad SMARTS) is 1. The summed E-state index contributed by atoms with van der Waals surface area (Å²) in [6.07, 6.45) is 2.41. The highest BCUT2D eigenvalue weighted by molar-refractivity contribution is 8.15. The predicted molar refractivity (Wildman–Crippen MR) is 100 cm³/mol. The van der Waals surface area contributed by atoms with Crippen molar-refractivity contribution in [3.63, 3.8) is 0 Å². The first kappa shape index (κ1) is 19.6. The van der Waals surface area contributed by atoms with Crippen LogP contribution in [0, 0.1) is 0 Å². The number of carbonyl (C=O) groups is 3. The van der Waals surface area contributed by atoms with Gasteiger partial charge in [-0.3, -0.25) is 9.59 Å². The van der Waals surface area contributed by atoms with Gasteiger partial charge in [0.25, 0.3) is 0 Å². The van der Waals surface area contributed by atoms with Gasteiger partial charge < -0.3 is 15.7 Å². The van der Waals surface area contributed by atoms with Gasteiger partial charge in [-0.2, -0.15) is 5.10 Å². The van der Waals surface area contributed by atoms with Crippen molar-refractivity contribution in [2.24, 2.45) is 10.2 Å². The Morgan fingerprint density at radius 3 is 2.77 bits per heavy atom. The van der Waals surface area contributed by atoms with Crippen LogP contribution in [-0.4, -0.2) is 45.6 Å². The monoisotopic (exact) mass is 376 g/mol. The number of nitrogens with one attached hydrogen (secondary N) is 2. The Bertz CT molecular complexity index is 721. The molecule has 26 heavy (non-hydrogen) atoms. The van der Waals surface area contributed by atoms with Crippen molar-refractivity contribution in [2.45, 2.75) is 37.5 Å². The summed E-state index contributed by atoms with van der Waals surface area (Å²) in [7, 11) is 0. The summed E-state index contributed by atoms with van der Waals surface area (Å²) >= 11 is 1.10. The van der Waals surface area contributed by atoms with Crippen LogP contribution in [0.4, 0.5) is 0 Å². The molecule has 2 unspecified atom stereocenters. The van der Waals surface area contributed by atoms with Gasteiger partial charge in [0.05, 0.1) is 6.21 Å². The molecule has 0 spiro atoms. The van der Waals surface area contributed by atoms with Crippen LogP contribution in [0.1, 0.15) is 31.7 Å². The fourth-order valence-corrected chi connectivity index (χ4v) is 3.17. The van der Waals surface area contributed by atoms with Crippen molar-refractivity contribution in [3.8, 4) is 0 Å². The van der Waals surface area contributed by atoms with Crippen LogP contribution in [0.3, 0.4) is 0 Å². The molecule has 1 saturated heterocycles. The molecule has 1 aliphatic heterocycles. The molecule has 0 aromatic heterocycles. The molecule has 1 aromatic carbocycles. The summed E-state index contributed by atoms with van der Waals surface area (Å²) in [5.41, 5.74) is 0.873. The lowest BCUT2D eigenvalue weighted by Gasteiger charge is -2.14. The molecule has 1 heterocycles. The first-order valence-electron chi connectivity index (χ1n) is 8.15. The van der Waals surface area contributed by atoms with Gasteiger partial charge in [-0.05, 0) is 12.0 Å². The minimum Gasteiger partial charge on any atom is -0.480 e. The van der Waals surface area contributed by atoms with E-state index in [-0.39, 0.29) is 12.3 Å². The summed E-state index contributed by atoms with van der Waals surface area (Å²) in [5, 5.41) is 21.6. The molecular formula is C17H20N4O4S. The van der Waals surface area contributed by atoms with Crippen molar-refractivity contribution in [1.29, 1.82) is 0 Å². The number of amides is 2. The Morgan fingerprint density at radius 2 is 2.12 bits per heavy atom. The van der Waals surface area contributed by atoms with E-state index < -0.39 is 23.2 Å². The van der Waals surface area contributed by atoms with Gasteiger partial charge in [-0.1, -0.05) is 55.4 Å². The molecule has 1 fully saturated rings. The topological polar surface area (TPSA) is 120 Å². The summed E-state index contributed by atoms with van der Waals surface area (Å²) in [5.74, 6) is -1.91. The van der Waals surface area contributed by atoms with Crippen LogP contribution >= 0.6 is 11.8 Å². The second kappa shape index (κ2) is 9.71. The lowest BCUT2D eigenvalue weighted by Crippen LogP contribution is -2.42. The molecule has 2 atom stereocenters. The molecule has 0 saturated carbocycles. The zero-order valence-electron chi connectivity index (χ0n) is 14.2. The maximum Gasteiger partial charge on any atom is 0.326 e. The summed E-state index contributed by atoms with van der Waals surface area (Å²) in [6.45, 7) is 1.83. The van der Waals surface area contributed by atoms with Crippen LogP contribution in [0.5, 0.6) is 0 Å². The Morgan fingerprint density at radius 1 is 1.38 bits per heavy atom. The van der Waals surface area contributed by atoms with Gasteiger partial charge in [0.2, 0.25) is 11.8 Å². The molecular weight excluding hydrogens is 356 g/mol. The minimum absolute atomic E-state index is 0.120. The predicted octanol–water partition coefficient (Wildman–Crippen LogP) is 1.37. The van der Waals surface area contributed by atoms with Gasteiger partial charge in [0, 0.05) is 6.42 Å². The number of amidine groups is 1. The number of aliphatic carboxylic acids is 1. The SMILES string of the molecule is CCCC(NC(=O)CC1S/C(=N/N=C/c2ccccc2)NC1=O)C(=O)O. The quantitative estimate of drug-likeness (QED) is 0.467. The van der Waals surface area contributed by atoms with Crippen molar-refractivity contribution in [1.82, 2.24) is 10.6 Å². The number of benzene rings is 1. The Hall–Kier alpha value is -2.68. The number of carbonyl (C=O) groups excluding carboxylic acids is 2. The highest BCUT2D eigenvalue weighted by Crippen LogP contribution is 2.22. The van der Waals surface area contributed by atoms with E-state index in [2.05, 4.69) is 20.8 Å². The summed E-state index contributed by atoms with van der Waals surface area (Å²) in [4.78, 5) is 35.0. The molecule has 2 amide bonds. The zero-order chi connectivity index (χ0) is 18.9. The van der Waals surface area contributed by atoms with E-state index in [0.29, 0.717) is 18.0 Å². The van der Waals surface area contributed by atoms with E-state index in [0.717, 1.165) is 17.3 Å². The van der Waals surface area contributed by atoms with E-state index in [1.807, 2.05) is 37.3 Å². The maximum absolute atomic E-state index is 12.0. The van der Waals surface area contributed by atoms with Gasteiger partial charge >= 0.3 is 5.97 Å². The third-order valence-electron chi connectivity index (χ3n) is 3.51. The van der Waals surface area contributed by atoms with Crippen LogP contribution < -0.4 is 10.6 Å². The standard InChI is InChI=1S/C17H20N4O4S/c1-2-6-12(16(24)25)19-14(22)9-13-15(23)20-17(26-13)21-18-10-11-7-4-3-5-8-11/h3-5,7-8,10,12-13H,2,6,9H2,1H3,(H,19,22)(H,24,25)(H,20,21,23)/b18-10+. The van der Waals surface area contributed by atoms with Crippen molar-refractivity contribution >= 4 is 40.9 Å². The molecule has 3 N–H and O–H groups in total. The van der Waals surface area contributed by atoms with Crippen LogP contribution in [-0.2, 0) is 14.4 Å². The van der Waals surface area contributed by atoms with Crippen molar-refractivity contribution in [2.75, 3.05) is 0 Å². The molecule has 0 aliphatic carbocycles. The van der Waals surface area contributed by atoms with E-state index >= 15 is 0 Å². The number of hydrogen-bond acceptors (Lipinski definition) is 6. The number of hydrogen-bond donors (Lipinski definition) is 3. The summed E-state index contributed by atoms with van der Waals surface area (Å²) < 4.78 is 0.